The Labute approximate surface area is 224 Å². The average Bonchev–Trinajstić information content (AvgIpc) is 3.53. The summed E-state index contributed by atoms with van der Waals surface area (Å²) < 4.78 is 17.1. The molecule has 1 fully saturated rings. The molecule has 204 valence electrons. The molecule has 0 spiro atoms. The Morgan fingerprint density at radius 2 is 2.00 bits per heavy atom. The van der Waals surface area contributed by atoms with E-state index in [-0.39, 0.29) is 67.6 Å². The predicted octanol–water partition coefficient (Wildman–Crippen LogP) is 0.770. The Kier molecular flexibility index (Phi) is 7.27. The molecular formula is C27H30FN7O4. The minimum atomic E-state index is -0.442. The van der Waals surface area contributed by atoms with Crippen LogP contribution in [0, 0.1) is 18.7 Å². The molecule has 3 aromatic rings. The number of aryl methyl sites for hydroxylation is 1. The lowest BCUT2D eigenvalue weighted by molar-refractivity contribution is -0.130. The number of amides is 3. The second-order valence-electron chi connectivity index (χ2n) is 10.2. The van der Waals surface area contributed by atoms with Gasteiger partial charge in [0.05, 0.1) is 25.2 Å². The number of carbonyl (C=O) groups excluding carboxylic acids is 3. The maximum atomic E-state index is 14.0. The van der Waals surface area contributed by atoms with Gasteiger partial charge in [-0.15, -0.1) is 5.10 Å². The van der Waals surface area contributed by atoms with Gasteiger partial charge in [-0.05, 0) is 36.2 Å². The van der Waals surface area contributed by atoms with Gasteiger partial charge in [0.1, 0.15) is 17.1 Å². The van der Waals surface area contributed by atoms with Gasteiger partial charge in [-0.2, -0.15) is 0 Å². The van der Waals surface area contributed by atoms with Crippen molar-refractivity contribution in [3.63, 3.8) is 0 Å². The van der Waals surface area contributed by atoms with Crippen molar-refractivity contribution >= 4 is 17.7 Å². The number of rotatable bonds is 2. The van der Waals surface area contributed by atoms with Gasteiger partial charge in [0, 0.05) is 51.8 Å². The molecule has 4 heterocycles. The minimum Gasteiger partial charge on any atom is -0.354 e. The van der Waals surface area contributed by atoms with Crippen LogP contribution in [0.2, 0.25) is 0 Å². The standard InChI is InChI=1S/C27H30FN7O4/c1-17-5-6-18(10-22(17)28)11-25(37)34-13-19-12-24(36)29-7-9-32(2)26(38)21-4-3-8-33(27(21)39)14-20-15-35(31-30-20)23(19)16-34/h3-6,8,10,15,19,23H,7,9,11-14,16H2,1-2H3,(H,29,36)/t19-,23+/m0/s1. The first-order valence-corrected chi connectivity index (χ1v) is 12.8. The molecular weight excluding hydrogens is 505 g/mol. The number of pyridine rings is 1. The molecule has 2 aliphatic heterocycles. The van der Waals surface area contributed by atoms with Crippen LogP contribution < -0.4 is 10.9 Å². The van der Waals surface area contributed by atoms with E-state index < -0.39 is 11.5 Å². The molecule has 1 N–H and O–H groups in total. The molecule has 3 amide bonds. The number of benzene rings is 1. The van der Waals surface area contributed by atoms with Crippen molar-refractivity contribution in [2.75, 3.05) is 33.2 Å². The summed E-state index contributed by atoms with van der Waals surface area (Å²) in [5.41, 5.74) is 1.19. The van der Waals surface area contributed by atoms with Crippen LogP contribution >= 0.6 is 0 Å². The SMILES string of the molecule is Cc1ccc(CC(=O)N2C[C@@H]3CC(=O)NCCN(C)C(=O)c4cccn(c4=O)Cc4cn(nn4)[C@@H]3C2)cc1F. The largest absolute Gasteiger partial charge is 0.354 e. The van der Waals surface area contributed by atoms with Crippen LogP contribution in [-0.4, -0.2) is 80.3 Å². The summed E-state index contributed by atoms with van der Waals surface area (Å²) in [4.78, 5) is 54.9. The Bertz CT molecular complexity index is 1480. The Hall–Kier alpha value is -4.35. The molecule has 4 bridgehead atoms. The third kappa shape index (κ3) is 5.59. The van der Waals surface area contributed by atoms with Gasteiger partial charge < -0.3 is 19.7 Å². The fourth-order valence-corrected chi connectivity index (χ4v) is 5.12. The molecule has 39 heavy (non-hydrogen) atoms. The highest BCUT2D eigenvalue weighted by atomic mass is 19.1. The van der Waals surface area contributed by atoms with Crippen LogP contribution in [0.3, 0.4) is 0 Å². The highest BCUT2D eigenvalue weighted by molar-refractivity contribution is 5.93. The van der Waals surface area contributed by atoms with Gasteiger partial charge in [0.25, 0.3) is 11.5 Å². The van der Waals surface area contributed by atoms with E-state index in [1.54, 1.807) is 54.1 Å². The van der Waals surface area contributed by atoms with E-state index in [4.69, 9.17) is 0 Å². The molecule has 5 rings (SSSR count). The number of carbonyl (C=O) groups is 3. The van der Waals surface area contributed by atoms with Gasteiger partial charge in [-0.1, -0.05) is 17.3 Å². The van der Waals surface area contributed by atoms with E-state index in [0.29, 0.717) is 29.9 Å². The van der Waals surface area contributed by atoms with Crippen molar-refractivity contribution in [2.45, 2.75) is 32.4 Å². The second kappa shape index (κ2) is 10.8. The summed E-state index contributed by atoms with van der Waals surface area (Å²) >= 11 is 0. The summed E-state index contributed by atoms with van der Waals surface area (Å²) in [6, 6.07) is 7.57. The molecule has 0 unspecified atom stereocenters. The number of halogens is 1. The molecule has 12 heteroatoms. The van der Waals surface area contributed by atoms with Crippen LogP contribution in [0.15, 0.2) is 47.5 Å². The monoisotopic (exact) mass is 535 g/mol. The second-order valence-corrected chi connectivity index (χ2v) is 10.2. The first kappa shape index (κ1) is 26.3. The number of fused-ring (bicyclic) bond motifs is 6. The van der Waals surface area contributed by atoms with Crippen molar-refractivity contribution in [1.82, 2.24) is 34.7 Å². The summed E-state index contributed by atoms with van der Waals surface area (Å²) in [5, 5.41) is 11.3. The predicted molar refractivity (Wildman–Crippen MR) is 138 cm³/mol. The fourth-order valence-electron chi connectivity index (χ4n) is 5.12. The fraction of sp³-hybridized carbons (Fsp3) is 0.407. The first-order valence-electron chi connectivity index (χ1n) is 12.8. The van der Waals surface area contributed by atoms with E-state index in [1.807, 2.05) is 0 Å². The highest BCUT2D eigenvalue weighted by Gasteiger charge is 2.38. The maximum absolute atomic E-state index is 14.0. The number of aromatic nitrogens is 4. The molecule has 0 radical (unpaired) electrons. The number of likely N-dealkylation sites (N-methyl/N-ethyl adjacent to an activating group) is 1. The average molecular weight is 536 g/mol. The summed E-state index contributed by atoms with van der Waals surface area (Å²) in [6.07, 6.45) is 3.50. The topological polar surface area (TPSA) is 122 Å². The maximum Gasteiger partial charge on any atom is 0.263 e. The lowest BCUT2D eigenvalue weighted by atomic mass is 9.99. The molecule has 2 atom stereocenters. The Morgan fingerprint density at radius 1 is 1.18 bits per heavy atom. The zero-order valence-corrected chi connectivity index (χ0v) is 21.8. The van der Waals surface area contributed by atoms with Gasteiger partial charge in [0.2, 0.25) is 11.8 Å². The lowest BCUT2D eigenvalue weighted by Crippen LogP contribution is -2.39. The normalized spacial score (nSPS) is 20.1. The van der Waals surface area contributed by atoms with Gasteiger partial charge in [-0.3, -0.25) is 19.2 Å². The van der Waals surface area contributed by atoms with Crippen LogP contribution in [0.5, 0.6) is 0 Å². The molecule has 0 saturated carbocycles. The smallest absolute Gasteiger partial charge is 0.263 e. The molecule has 0 aliphatic carbocycles. The zero-order chi connectivity index (χ0) is 27.7. The van der Waals surface area contributed by atoms with Crippen molar-refractivity contribution in [3.8, 4) is 0 Å². The van der Waals surface area contributed by atoms with Gasteiger partial charge >= 0.3 is 0 Å². The van der Waals surface area contributed by atoms with Crippen molar-refractivity contribution in [1.29, 1.82) is 0 Å². The Morgan fingerprint density at radius 3 is 2.79 bits per heavy atom. The van der Waals surface area contributed by atoms with E-state index in [2.05, 4.69) is 15.6 Å². The lowest BCUT2D eigenvalue weighted by Gasteiger charge is -2.20. The van der Waals surface area contributed by atoms with Crippen LogP contribution in [0.25, 0.3) is 0 Å². The molecule has 11 nitrogen and oxygen atoms in total. The number of likely N-dealkylation sites (tertiary alicyclic amines) is 1. The zero-order valence-electron chi connectivity index (χ0n) is 21.8. The van der Waals surface area contributed by atoms with Crippen molar-refractivity contribution < 1.29 is 18.8 Å². The quantitative estimate of drug-likeness (QED) is 0.517. The van der Waals surface area contributed by atoms with Crippen LogP contribution in [0.1, 0.15) is 39.6 Å². The van der Waals surface area contributed by atoms with Crippen molar-refractivity contribution in [2.24, 2.45) is 5.92 Å². The van der Waals surface area contributed by atoms with E-state index in [9.17, 15) is 23.6 Å². The Balaban J connectivity index is 1.41. The van der Waals surface area contributed by atoms with Crippen molar-refractivity contribution in [3.05, 3.63) is 81.3 Å². The van der Waals surface area contributed by atoms with E-state index >= 15 is 0 Å². The molecule has 1 aromatic carbocycles. The third-order valence-corrected chi connectivity index (χ3v) is 7.39. The summed E-state index contributed by atoms with van der Waals surface area (Å²) in [6.45, 7) is 2.88. The van der Waals surface area contributed by atoms with Crippen LogP contribution in [-0.2, 0) is 22.6 Å². The molecule has 2 aliphatic rings. The van der Waals surface area contributed by atoms with Crippen LogP contribution in [0.4, 0.5) is 4.39 Å². The number of nitrogens with zero attached hydrogens (tertiary/aromatic N) is 6. The number of hydrogen-bond donors (Lipinski definition) is 1. The highest BCUT2D eigenvalue weighted by Crippen LogP contribution is 2.31. The van der Waals surface area contributed by atoms with Gasteiger partial charge in [0.15, 0.2) is 0 Å². The third-order valence-electron chi connectivity index (χ3n) is 7.39. The van der Waals surface area contributed by atoms with Gasteiger partial charge in [-0.25, -0.2) is 9.07 Å². The molecule has 1 saturated heterocycles. The summed E-state index contributed by atoms with van der Waals surface area (Å²) in [5.74, 6) is -1.41. The van der Waals surface area contributed by atoms with E-state index in [0.717, 1.165) is 0 Å². The number of nitrogens with one attached hydrogen (secondary N) is 1. The minimum absolute atomic E-state index is 0.0317. The van der Waals surface area contributed by atoms with E-state index in [1.165, 1.54) is 21.6 Å². The first-order chi connectivity index (χ1) is 18.7. The summed E-state index contributed by atoms with van der Waals surface area (Å²) in [7, 11) is 1.58. The molecule has 2 aromatic heterocycles. The number of hydrogen-bond acceptors (Lipinski definition) is 6.